The average Bonchev–Trinajstić information content (AvgIpc) is 2.79. The molecule has 2 aromatic carbocycles. The van der Waals surface area contributed by atoms with Gasteiger partial charge in [-0.1, -0.05) is 41.9 Å². The van der Waals surface area contributed by atoms with Crippen LogP contribution in [0.1, 0.15) is 15.9 Å². The van der Waals surface area contributed by atoms with Crippen molar-refractivity contribution in [3.63, 3.8) is 0 Å². The lowest BCUT2D eigenvalue weighted by atomic mass is 10.1. The second-order valence-corrected chi connectivity index (χ2v) is 9.27. The van der Waals surface area contributed by atoms with Crippen LogP contribution in [0.5, 0.6) is 0 Å². The topological polar surface area (TPSA) is 105 Å². The summed E-state index contributed by atoms with van der Waals surface area (Å²) in [5.74, 6) is -0.972. The monoisotopic (exact) mass is 465 g/mol. The molecule has 1 aliphatic heterocycles. The molecule has 31 heavy (non-hydrogen) atoms. The SMILES string of the molecule is O=C(CNC(=O)c1cc(S(=O)(=O)N2CCOCC2)ccc1Cl)NCCc1ccccc1. The van der Waals surface area contributed by atoms with Crippen molar-refractivity contribution in [3.05, 3.63) is 64.7 Å². The van der Waals surface area contributed by atoms with Crippen LogP contribution in [0.3, 0.4) is 0 Å². The molecule has 0 aromatic heterocycles. The van der Waals surface area contributed by atoms with Gasteiger partial charge in [-0.25, -0.2) is 8.42 Å². The van der Waals surface area contributed by atoms with Crippen LogP contribution < -0.4 is 10.6 Å². The Morgan fingerprint density at radius 2 is 1.74 bits per heavy atom. The van der Waals surface area contributed by atoms with E-state index in [-0.39, 0.29) is 41.0 Å². The van der Waals surface area contributed by atoms with Crippen LogP contribution in [-0.4, -0.2) is 63.9 Å². The van der Waals surface area contributed by atoms with E-state index < -0.39 is 15.9 Å². The molecule has 0 bridgehead atoms. The zero-order valence-electron chi connectivity index (χ0n) is 16.8. The molecule has 2 aromatic rings. The minimum absolute atomic E-state index is 0.00640. The van der Waals surface area contributed by atoms with E-state index in [9.17, 15) is 18.0 Å². The van der Waals surface area contributed by atoms with Crippen molar-refractivity contribution in [2.24, 2.45) is 0 Å². The number of nitrogens with one attached hydrogen (secondary N) is 2. The number of nitrogens with zero attached hydrogens (tertiary/aromatic N) is 1. The number of ether oxygens (including phenoxy) is 1. The van der Waals surface area contributed by atoms with Crippen LogP contribution >= 0.6 is 11.6 Å². The van der Waals surface area contributed by atoms with E-state index in [1.165, 1.54) is 22.5 Å². The molecule has 0 atom stereocenters. The highest BCUT2D eigenvalue weighted by atomic mass is 35.5. The predicted molar refractivity (Wildman–Crippen MR) is 117 cm³/mol. The number of morpholine rings is 1. The molecule has 1 fully saturated rings. The van der Waals surface area contributed by atoms with Crippen LogP contribution in [0.15, 0.2) is 53.4 Å². The predicted octanol–water partition coefficient (Wildman–Crippen LogP) is 1.45. The maximum atomic E-state index is 12.8. The molecule has 1 saturated heterocycles. The van der Waals surface area contributed by atoms with Crippen molar-refractivity contribution >= 4 is 33.4 Å². The van der Waals surface area contributed by atoms with Crippen LogP contribution in [0.2, 0.25) is 5.02 Å². The first kappa shape index (κ1) is 23.2. The Hall–Kier alpha value is -2.46. The number of halogens is 1. The number of amides is 2. The molecule has 0 radical (unpaired) electrons. The molecular weight excluding hydrogens is 442 g/mol. The van der Waals surface area contributed by atoms with Crippen molar-refractivity contribution in [3.8, 4) is 0 Å². The maximum absolute atomic E-state index is 12.8. The molecule has 0 saturated carbocycles. The standard InChI is InChI=1S/C21H24ClN3O5S/c22-19-7-6-17(31(28,29)25-10-12-30-13-11-25)14-18(19)21(27)24-15-20(26)23-9-8-16-4-2-1-3-5-16/h1-7,14H,8-13,15H2,(H,23,26)(H,24,27). The van der Waals surface area contributed by atoms with Gasteiger partial charge in [-0.05, 0) is 30.2 Å². The molecule has 0 aliphatic carbocycles. The quantitative estimate of drug-likeness (QED) is 0.614. The third-order valence-electron chi connectivity index (χ3n) is 4.78. The summed E-state index contributed by atoms with van der Waals surface area (Å²) in [6.45, 7) is 1.32. The molecule has 166 valence electrons. The molecule has 10 heteroatoms. The Morgan fingerprint density at radius 3 is 2.45 bits per heavy atom. The number of rotatable bonds is 8. The third kappa shape index (κ3) is 6.27. The summed E-state index contributed by atoms with van der Waals surface area (Å²) < 4.78 is 32.1. The van der Waals surface area contributed by atoms with E-state index in [4.69, 9.17) is 16.3 Å². The van der Waals surface area contributed by atoms with Crippen molar-refractivity contribution in [1.29, 1.82) is 0 Å². The molecule has 8 nitrogen and oxygen atoms in total. The number of sulfonamides is 1. The number of carbonyl (C=O) groups is 2. The fourth-order valence-electron chi connectivity index (χ4n) is 3.08. The molecule has 0 unspecified atom stereocenters. The Bertz CT molecular complexity index is 1020. The molecular formula is C21H24ClN3O5S. The van der Waals surface area contributed by atoms with E-state index >= 15 is 0 Å². The lowest BCUT2D eigenvalue weighted by Crippen LogP contribution is -2.40. The minimum Gasteiger partial charge on any atom is -0.379 e. The summed E-state index contributed by atoms with van der Waals surface area (Å²) in [6.07, 6.45) is 0.674. The van der Waals surface area contributed by atoms with Crippen LogP contribution in [0.4, 0.5) is 0 Å². The van der Waals surface area contributed by atoms with E-state index in [2.05, 4.69) is 10.6 Å². The first-order valence-corrected chi connectivity index (χ1v) is 11.7. The Kier molecular flexibility index (Phi) is 8.03. The van der Waals surface area contributed by atoms with Crippen LogP contribution in [0, 0.1) is 0 Å². The van der Waals surface area contributed by atoms with Gasteiger partial charge < -0.3 is 15.4 Å². The Balaban J connectivity index is 1.57. The normalized spacial score (nSPS) is 14.7. The van der Waals surface area contributed by atoms with Gasteiger partial charge in [0.05, 0.1) is 35.2 Å². The molecule has 1 aliphatic rings. The van der Waals surface area contributed by atoms with Gasteiger partial charge in [0.15, 0.2) is 0 Å². The minimum atomic E-state index is -3.77. The van der Waals surface area contributed by atoms with E-state index in [1.807, 2.05) is 30.3 Å². The van der Waals surface area contributed by atoms with Gasteiger partial charge >= 0.3 is 0 Å². The van der Waals surface area contributed by atoms with Crippen molar-refractivity contribution in [2.45, 2.75) is 11.3 Å². The zero-order chi connectivity index (χ0) is 22.3. The molecule has 1 heterocycles. The highest BCUT2D eigenvalue weighted by Crippen LogP contribution is 2.23. The summed E-state index contributed by atoms with van der Waals surface area (Å²) in [7, 11) is -3.77. The second-order valence-electron chi connectivity index (χ2n) is 6.93. The number of hydrogen-bond acceptors (Lipinski definition) is 5. The number of carbonyl (C=O) groups excluding carboxylic acids is 2. The van der Waals surface area contributed by atoms with Gasteiger partial charge in [0, 0.05) is 19.6 Å². The summed E-state index contributed by atoms with van der Waals surface area (Å²) >= 11 is 6.10. The summed E-state index contributed by atoms with van der Waals surface area (Å²) in [5, 5.41) is 5.31. The lowest BCUT2D eigenvalue weighted by molar-refractivity contribution is -0.120. The first-order valence-electron chi connectivity index (χ1n) is 9.84. The van der Waals surface area contributed by atoms with Gasteiger partial charge in [-0.3, -0.25) is 9.59 Å². The van der Waals surface area contributed by atoms with Gasteiger partial charge in [0.2, 0.25) is 15.9 Å². The van der Waals surface area contributed by atoms with E-state index in [1.54, 1.807) is 0 Å². The largest absolute Gasteiger partial charge is 0.379 e. The van der Waals surface area contributed by atoms with Gasteiger partial charge in [-0.2, -0.15) is 4.31 Å². The van der Waals surface area contributed by atoms with E-state index in [0.717, 1.165) is 5.56 Å². The summed E-state index contributed by atoms with van der Waals surface area (Å²) in [4.78, 5) is 24.5. The van der Waals surface area contributed by atoms with Crippen molar-refractivity contribution < 1.29 is 22.7 Å². The lowest BCUT2D eigenvalue weighted by Gasteiger charge is -2.26. The van der Waals surface area contributed by atoms with Crippen LogP contribution in [-0.2, 0) is 26.0 Å². The summed E-state index contributed by atoms with van der Waals surface area (Å²) in [6, 6.07) is 13.7. The number of hydrogen-bond donors (Lipinski definition) is 2. The van der Waals surface area contributed by atoms with Crippen molar-refractivity contribution in [2.75, 3.05) is 39.4 Å². The fourth-order valence-corrected chi connectivity index (χ4v) is 4.72. The van der Waals surface area contributed by atoms with E-state index in [0.29, 0.717) is 26.2 Å². The second kappa shape index (κ2) is 10.7. The third-order valence-corrected chi connectivity index (χ3v) is 7.00. The average molecular weight is 466 g/mol. The highest BCUT2D eigenvalue weighted by molar-refractivity contribution is 7.89. The van der Waals surface area contributed by atoms with Crippen LogP contribution in [0.25, 0.3) is 0 Å². The smallest absolute Gasteiger partial charge is 0.253 e. The van der Waals surface area contributed by atoms with Gasteiger partial charge in [0.1, 0.15) is 0 Å². The Labute approximate surface area is 186 Å². The molecule has 3 rings (SSSR count). The molecule has 0 spiro atoms. The van der Waals surface area contributed by atoms with Gasteiger partial charge in [0.25, 0.3) is 5.91 Å². The summed E-state index contributed by atoms with van der Waals surface area (Å²) in [5.41, 5.74) is 1.09. The molecule has 2 N–H and O–H groups in total. The highest BCUT2D eigenvalue weighted by Gasteiger charge is 2.27. The fraction of sp³-hybridized carbons (Fsp3) is 0.333. The van der Waals surface area contributed by atoms with Gasteiger partial charge in [-0.15, -0.1) is 0 Å². The maximum Gasteiger partial charge on any atom is 0.253 e. The molecule has 2 amide bonds. The Morgan fingerprint density at radius 1 is 1.03 bits per heavy atom. The van der Waals surface area contributed by atoms with Crippen molar-refractivity contribution in [1.82, 2.24) is 14.9 Å². The number of benzene rings is 2. The first-order chi connectivity index (χ1) is 14.9. The zero-order valence-corrected chi connectivity index (χ0v) is 18.4.